The predicted molar refractivity (Wildman–Crippen MR) is 64.1 cm³/mol. The second-order valence-corrected chi connectivity index (χ2v) is 3.85. The van der Waals surface area contributed by atoms with Gasteiger partial charge < -0.3 is 15.2 Å². The van der Waals surface area contributed by atoms with Crippen molar-refractivity contribution in [3.63, 3.8) is 0 Å². The normalized spacial score (nSPS) is 12.6. The lowest BCUT2D eigenvalue weighted by Crippen LogP contribution is -2.34. The third kappa shape index (κ3) is 2.82. The molecule has 2 rings (SSSR count). The van der Waals surface area contributed by atoms with Crippen LogP contribution in [-0.2, 0) is 4.74 Å². The maximum atomic E-state index is 11.8. The van der Waals surface area contributed by atoms with Crippen LogP contribution in [0, 0.1) is 0 Å². The highest BCUT2D eigenvalue weighted by Crippen LogP contribution is 2.10. The van der Waals surface area contributed by atoms with E-state index >= 15 is 0 Å². The fraction of sp³-hybridized carbons (Fsp3) is 0.364. The first kappa shape index (κ1) is 12.5. The number of fused-ring (bicyclic) bond motifs is 1. The van der Waals surface area contributed by atoms with Crippen molar-refractivity contribution in [2.75, 3.05) is 20.3 Å². The Bertz CT molecular complexity index is 540. The molecule has 0 radical (unpaired) electrons. The van der Waals surface area contributed by atoms with Crippen LogP contribution in [-0.4, -0.2) is 52.8 Å². The number of nitrogens with one attached hydrogen (secondary N) is 2. The third-order valence-corrected chi connectivity index (χ3v) is 2.44. The predicted octanol–water partition coefficient (Wildman–Crippen LogP) is -0.305. The number of ether oxygens (including phenoxy) is 1. The van der Waals surface area contributed by atoms with Gasteiger partial charge in [-0.15, -0.1) is 0 Å². The van der Waals surface area contributed by atoms with Gasteiger partial charge in [0, 0.05) is 19.2 Å². The van der Waals surface area contributed by atoms with E-state index in [0.29, 0.717) is 16.6 Å². The summed E-state index contributed by atoms with van der Waals surface area (Å²) in [6, 6.07) is 5.00. The Morgan fingerprint density at radius 1 is 1.50 bits per heavy atom. The SMILES string of the molecule is COCC(O)CNC(=O)c1ccc2n[nH]nc2c1. The number of benzene rings is 1. The number of amides is 1. The smallest absolute Gasteiger partial charge is 0.251 e. The van der Waals surface area contributed by atoms with E-state index in [1.807, 2.05) is 0 Å². The molecule has 0 saturated carbocycles. The lowest BCUT2D eigenvalue weighted by molar-refractivity contribution is 0.0610. The highest BCUT2D eigenvalue weighted by Gasteiger charge is 2.10. The molecule has 1 heterocycles. The summed E-state index contributed by atoms with van der Waals surface area (Å²) in [5.41, 5.74) is 1.80. The van der Waals surface area contributed by atoms with E-state index in [9.17, 15) is 9.90 Å². The number of carbonyl (C=O) groups is 1. The average molecular weight is 250 g/mol. The molecule has 18 heavy (non-hydrogen) atoms. The van der Waals surface area contributed by atoms with Crippen LogP contribution >= 0.6 is 0 Å². The number of nitrogens with zero attached hydrogens (tertiary/aromatic N) is 2. The summed E-state index contributed by atoms with van der Waals surface area (Å²) in [6.45, 7) is 0.326. The molecule has 0 aliphatic heterocycles. The maximum Gasteiger partial charge on any atom is 0.251 e. The van der Waals surface area contributed by atoms with E-state index in [1.165, 1.54) is 7.11 Å². The molecule has 96 valence electrons. The molecule has 1 amide bonds. The molecule has 1 atom stereocenters. The molecular formula is C11H14N4O3. The topological polar surface area (TPSA) is 100 Å². The van der Waals surface area contributed by atoms with Gasteiger partial charge in [0.1, 0.15) is 11.0 Å². The molecule has 0 saturated heterocycles. The first-order valence-corrected chi connectivity index (χ1v) is 5.46. The van der Waals surface area contributed by atoms with Crippen molar-refractivity contribution in [1.82, 2.24) is 20.7 Å². The van der Waals surface area contributed by atoms with Crippen molar-refractivity contribution in [3.8, 4) is 0 Å². The van der Waals surface area contributed by atoms with Gasteiger partial charge >= 0.3 is 0 Å². The largest absolute Gasteiger partial charge is 0.389 e. The number of aromatic amines is 1. The number of methoxy groups -OCH3 is 1. The van der Waals surface area contributed by atoms with Gasteiger partial charge in [0.25, 0.3) is 5.91 Å². The Balaban J connectivity index is 1.99. The van der Waals surface area contributed by atoms with E-state index in [2.05, 4.69) is 20.7 Å². The molecule has 0 spiro atoms. The standard InChI is InChI=1S/C11H14N4O3/c1-18-6-8(16)5-12-11(17)7-2-3-9-10(4-7)14-15-13-9/h2-4,8,16H,5-6H2,1H3,(H,12,17)(H,13,14,15). The molecule has 0 bridgehead atoms. The first-order valence-electron chi connectivity index (χ1n) is 5.46. The minimum Gasteiger partial charge on any atom is -0.389 e. The minimum atomic E-state index is -0.713. The van der Waals surface area contributed by atoms with E-state index < -0.39 is 6.10 Å². The molecule has 7 heteroatoms. The monoisotopic (exact) mass is 250 g/mol. The number of carbonyl (C=O) groups excluding carboxylic acids is 1. The Kier molecular flexibility index (Phi) is 3.85. The van der Waals surface area contributed by atoms with Crippen molar-refractivity contribution in [1.29, 1.82) is 0 Å². The Labute approximate surface area is 103 Å². The molecule has 1 aromatic carbocycles. The number of hydrogen-bond donors (Lipinski definition) is 3. The van der Waals surface area contributed by atoms with Gasteiger partial charge in [-0.05, 0) is 18.2 Å². The molecule has 1 aromatic heterocycles. The van der Waals surface area contributed by atoms with E-state index in [0.717, 1.165) is 0 Å². The highest BCUT2D eigenvalue weighted by molar-refractivity contribution is 5.97. The second kappa shape index (κ2) is 5.56. The van der Waals surface area contributed by atoms with E-state index in [1.54, 1.807) is 18.2 Å². The first-order chi connectivity index (χ1) is 8.70. The van der Waals surface area contributed by atoms with Gasteiger partial charge in [-0.3, -0.25) is 4.79 Å². The second-order valence-electron chi connectivity index (χ2n) is 3.85. The zero-order valence-electron chi connectivity index (χ0n) is 9.88. The van der Waals surface area contributed by atoms with Crippen molar-refractivity contribution >= 4 is 16.9 Å². The van der Waals surface area contributed by atoms with E-state index in [4.69, 9.17) is 4.74 Å². The summed E-state index contributed by atoms with van der Waals surface area (Å²) in [5, 5.41) is 22.3. The lowest BCUT2D eigenvalue weighted by Gasteiger charge is -2.10. The molecule has 0 aliphatic rings. The van der Waals surface area contributed by atoms with Crippen LogP contribution in [0.3, 0.4) is 0 Å². The number of aromatic nitrogens is 3. The van der Waals surface area contributed by atoms with Crippen LogP contribution in [0.25, 0.3) is 11.0 Å². The van der Waals surface area contributed by atoms with Crippen LogP contribution in [0.1, 0.15) is 10.4 Å². The summed E-state index contributed by atoms with van der Waals surface area (Å²) >= 11 is 0. The molecule has 1 unspecified atom stereocenters. The molecule has 2 aromatic rings. The van der Waals surface area contributed by atoms with Gasteiger partial charge in [0.15, 0.2) is 0 Å². The number of hydrogen-bond acceptors (Lipinski definition) is 5. The Hall–Kier alpha value is -1.99. The van der Waals surface area contributed by atoms with Crippen LogP contribution in [0.15, 0.2) is 18.2 Å². The molecular weight excluding hydrogens is 236 g/mol. The zero-order chi connectivity index (χ0) is 13.0. The highest BCUT2D eigenvalue weighted by atomic mass is 16.5. The van der Waals surface area contributed by atoms with Crippen molar-refractivity contribution < 1.29 is 14.6 Å². The summed E-state index contributed by atoms with van der Waals surface area (Å²) in [6.07, 6.45) is -0.713. The molecule has 0 aliphatic carbocycles. The fourth-order valence-electron chi connectivity index (χ4n) is 1.55. The van der Waals surface area contributed by atoms with Crippen LogP contribution in [0.4, 0.5) is 0 Å². The summed E-state index contributed by atoms with van der Waals surface area (Å²) in [4.78, 5) is 11.8. The van der Waals surface area contributed by atoms with Gasteiger partial charge in [0.2, 0.25) is 0 Å². The number of aliphatic hydroxyl groups is 1. The minimum absolute atomic E-state index is 0.142. The zero-order valence-corrected chi connectivity index (χ0v) is 9.88. The summed E-state index contributed by atoms with van der Waals surface area (Å²) in [5.74, 6) is -0.268. The third-order valence-electron chi connectivity index (χ3n) is 2.44. The lowest BCUT2D eigenvalue weighted by atomic mass is 10.2. The van der Waals surface area contributed by atoms with Crippen molar-refractivity contribution in [3.05, 3.63) is 23.8 Å². The van der Waals surface area contributed by atoms with Gasteiger partial charge in [-0.25, -0.2) is 0 Å². The van der Waals surface area contributed by atoms with Crippen LogP contribution in [0.5, 0.6) is 0 Å². The Morgan fingerprint density at radius 2 is 2.28 bits per heavy atom. The summed E-state index contributed by atoms with van der Waals surface area (Å²) in [7, 11) is 1.49. The van der Waals surface area contributed by atoms with Crippen LogP contribution < -0.4 is 5.32 Å². The van der Waals surface area contributed by atoms with Crippen LogP contribution in [0.2, 0.25) is 0 Å². The van der Waals surface area contributed by atoms with Crippen molar-refractivity contribution in [2.24, 2.45) is 0 Å². The van der Waals surface area contributed by atoms with E-state index in [-0.39, 0.29) is 19.1 Å². The molecule has 7 nitrogen and oxygen atoms in total. The van der Waals surface area contributed by atoms with Crippen molar-refractivity contribution in [2.45, 2.75) is 6.10 Å². The Morgan fingerprint density at radius 3 is 3.06 bits per heavy atom. The summed E-state index contributed by atoms with van der Waals surface area (Å²) < 4.78 is 4.77. The van der Waals surface area contributed by atoms with Gasteiger partial charge in [-0.1, -0.05) is 0 Å². The number of H-pyrrole nitrogens is 1. The quantitative estimate of drug-likeness (QED) is 0.676. The average Bonchev–Trinajstić information content (AvgIpc) is 2.83. The number of rotatable bonds is 5. The maximum absolute atomic E-state index is 11.8. The fourth-order valence-corrected chi connectivity index (χ4v) is 1.55. The molecule has 3 N–H and O–H groups in total. The van der Waals surface area contributed by atoms with Gasteiger partial charge in [-0.2, -0.15) is 15.4 Å². The molecule has 0 fully saturated rings. The van der Waals surface area contributed by atoms with Gasteiger partial charge in [0.05, 0.1) is 12.7 Å². The number of aliphatic hydroxyl groups excluding tert-OH is 1.